The first-order valence-corrected chi connectivity index (χ1v) is 6.75. The molecule has 1 fully saturated rings. The van der Waals surface area contributed by atoms with Crippen molar-refractivity contribution in [2.45, 2.75) is 51.4 Å². The number of aromatic nitrogens is 2. The highest BCUT2D eigenvalue weighted by Gasteiger charge is 2.22. The lowest BCUT2D eigenvalue weighted by Crippen LogP contribution is -2.15. The van der Waals surface area contributed by atoms with Gasteiger partial charge in [-0.05, 0) is 37.7 Å². The second-order valence-corrected chi connectivity index (χ2v) is 5.27. The number of nitrogens with one attached hydrogen (secondary N) is 1. The number of hydrogen-bond donors (Lipinski definition) is 1. The van der Waals surface area contributed by atoms with Gasteiger partial charge in [-0.2, -0.15) is 0 Å². The van der Waals surface area contributed by atoms with Crippen LogP contribution in [0.25, 0.3) is 0 Å². The zero-order chi connectivity index (χ0) is 11.4. The van der Waals surface area contributed by atoms with E-state index in [0.717, 1.165) is 16.4 Å². The molecule has 0 amide bonds. The Morgan fingerprint density at radius 1 is 1.38 bits per heavy atom. The average molecular weight is 236 g/mol. The van der Waals surface area contributed by atoms with Crippen molar-refractivity contribution in [3.05, 3.63) is 22.7 Å². The van der Waals surface area contributed by atoms with E-state index in [0.29, 0.717) is 5.92 Å². The van der Waals surface area contributed by atoms with Crippen molar-refractivity contribution in [1.82, 2.24) is 9.97 Å². The minimum absolute atomic E-state index is 0.607. The maximum Gasteiger partial charge on any atom is 0.110 e. The van der Waals surface area contributed by atoms with Crippen LogP contribution in [0.3, 0.4) is 0 Å². The number of H-pyrrole nitrogens is 1. The van der Waals surface area contributed by atoms with E-state index in [9.17, 15) is 0 Å². The van der Waals surface area contributed by atoms with Crippen LogP contribution in [0, 0.1) is 10.6 Å². The summed E-state index contributed by atoms with van der Waals surface area (Å²) in [5.41, 5.74) is 0. The Kier molecular flexibility index (Phi) is 4.10. The zero-order valence-electron chi connectivity index (χ0n) is 9.91. The van der Waals surface area contributed by atoms with Crippen LogP contribution in [0.5, 0.6) is 0 Å². The molecule has 1 heterocycles. The third-order valence-corrected chi connectivity index (χ3v) is 3.86. The summed E-state index contributed by atoms with van der Waals surface area (Å²) in [6, 6.07) is 1.85. The van der Waals surface area contributed by atoms with Gasteiger partial charge < -0.3 is 4.98 Å². The fourth-order valence-corrected chi connectivity index (χ4v) is 2.89. The summed E-state index contributed by atoms with van der Waals surface area (Å²) < 4.78 is 0.806. The molecule has 88 valence electrons. The van der Waals surface area contributed by atoms with Crippen LogP contribution in [-0.4, -0.2) is 9.97 Å². The fourth-order valence-electron chi connectivity index (χ4n) is 2.73. The van der Waals surface area contributed by atoms with Crippen molar-refractivity contribution in [2.24, 2.45) is 5.92 Å². The smallest absolute Gasteiger partial charge is 0.110 e. The molecule has 0 spiro atoms. The largest absolute Gasteiger partial charge is 0.335 e. The minimum Gasteiger partial charge on any atom is -0.335 e. The van der Waals surface area contributed by atoms with E-state index < -0.39 is 0 Å². The van der Waals surface area contributed by atoms with Gasteiger partial charge in [-0.1, -0.05) is 32.0 Å². The lowest BCUT2D eigenvalue weighted by atomic mass is 9.80. The number of rotatable bonds is 3. The van der Waals surface area contributed by atoms with Gasteiger partial charge >= 0.3 is 0 Å². The Morgan fingerprint density at radius 2 is 2.12 bits per heavy atom. The first kappa shape index (κ1) is 11.8. The van der Waals surface area contributed by atoms with Crippen LogP contribution < -0.4 is 0 Å². The van der Waals surface area contributed by atoms with Crippen molar-refractivity contribution < 1.29 is 0 Å². The molecule has 0 aromatic carbocycles. The summed E-state index contributed by atoms with van der Waals surface area (Å²) >= 11 is 5.14. The molecule has 1 saturated carbocycles. The molecular formula is C13H20N2S. The van der Waals surface area contributed by atoms with Crippen LogP contribution in [0.4, 0.5) is 0 Å². The topological polar surface area (TPSA) is 28.7 Å². The van der Waals surface area contributed by atoms with Gasteiger partial charge in [0.1, 0.15) is 10.5 Å². The maximum atomic E-state index is 5.14. The Bertz CT molecular complexity index is 378. The van der Waals surface area contributed by atoms with Gasteiger partial charge in [0.25, 0.3) is 0 Å². The van der Waals surface area contributed by atoms with Crippen LogP contribution in [0.15, 0.2) is 12.3 Å². The molecule has 3 heteroatoms. The quantitative estimate of drug-likeness (QED) is 0.796. The molecule has 1 aliphatic rings. The monoisotopic (exact) mass is 236 g/mol. The van der Waals surface area contributed by atoms with Crippen LogP contribution in [0.2, 0.25) is 0 Å². The Labute approximate surface area is 103 Å². The standard InChI is InChI=1S/C13H20N2S/c1-2-3-10-4-6-11(7-5-10)13-14-9-8-12(16)15-13/h8-11H,2-7H2,1H3,(H,14,15,16). The van der Waals surface area contributed by atoms with Gasteiger partial charge in [-0.15, -0.1) is 0 Å². The summed E-state index contributed by atoms with van der Waals surface area (Å²) in [6.45, 7) is 2.28. The fraction of sp³-hybridized carbons (Fsp3) is 0.692. The van der Waals surface area contributed by atoms with E-state index in [2.05, 4.69) is 16.9 Å². The predicted molar refractivity (Wildman–Crippen MR) is 69.0 cm³/mol. The van der Waals surface area contributed by atoms with Gasteiger partial charge in [0.2, 0.25) is 0 Å². The van der Waals surface area contributed by atoms with Crippen molar-refractivity contribution in [1.29, 1.82) is 0 Å². The van der Waals surface area contributed by atoms with Gasteiger partial charge in [-0.25, -0.2) is 4.98 Å². The van der Waals surface area contributed by atoms with Gasteiger partial charge in [-0.3, -0.25) is 0 Å². The highest BCUT2D eigenvalue weighted by Crippen LogP contribution is 2.35. The van der Waals surface area contributed by atoms with Gasteiger partial charge in [0.05, 0.1) is 0 Å². The molecule has 1 N–H and O–H groups in total. The van der Waals surface area contributed by atoms with E-state index >= 15 is 0 Å². The molecule has 0 saturated heterocycles. The predicted octanol–water partition coefficient (Wildman–Crippen LogP) is 4.21. The van der Waals surface area contributed by atoms with E-state index in [1.54, 1.807) is 0 Å². The van der Waals surface area contributed by atoms with E-state index in [4.69, 9.17) is 12.2 Å². The summed E-state index contributed by atoms with van der Waals surface area (Å²) in [4.78, 5) is 7.64. The average Bonchev–Trinajstić information content (AvgIpc) is 2.30. The van der Waals surface area contributed by atoms with Gasteiger partial charge in [0, 0.05) is 12.1 Å². The molecule has 2 nitrogen and oxygen atoms in total. The van der Waals surface area contributed by atoms with Gasteiger partial charge in [0.15, 0.2) is 0 Å². The Hall–Kier alpha value is -0.700. The third kappa shape index (κ3) is 2.91. The zero-order valence-corrected chi connectivity index (χ0v) is 10.7. The summed E-state index contributed by atoms with van der Waals surface area (Å²) in [5, 5.41) is 0. The molecule has 1 aromatic rings. The van der Waals surface area contributed by atoms with Crippen molar-refractivity contribution >= 4 is 12.2 Å². The second kappa shape index (κ2) is 5.58. The number of hydrogen-bond acceptors (Lipinski definition) is 2. The second-order valence-electron chi connectivity index (χ2n) is 4.83. The molecule has 0 aliphatic heterocycles. The molecule has 0 bridgehead atoms. The Balaban J connectivity index is 1.96. The normalized spacial score (nSPS) is 25.6. The highest BCUT2D eigenvalue weighted by molar-refractivity contribution is 7.71. The molecule has 0 radical (unpaired) electrons. The number of aromatic amines is 1. The lowest BCUT2D eigenvalue weighted by molar-refractivity contribution is 0.302. The molecule has 16 heavy (non-hydrogen) atoms. The first-order chi connectivity index (χ1) is 7.79. The summed E-state index contributed by atoms with van der Waals surface area (Å²) in [6.07, 6.45) is 9.80. The molecule has 2 rings (SSSR count). The van der Waals surface area contributed by atoms with Crippen molar-refractivity contribution in [2.75, 3.05) is 0 Å². The maximum absolute atomic E-state index is 5.14. The molecule has 1 aliphatic carbocycles. The van der Waals surface area contributed by atoms with E-state index in [1.807, 2.05) is 12.3 Å². The molecule has 0 unspecified atom stereocenters. The minimum atomic E-state index is 0.607. The third-order valence-electron chi connectivity index (χ3n) is 3.62. The Morgan fingerprint density at radius 3 is 2.75 bits per heavy atom. The van der Waals surface area contributed by atoms with Crippen LogP contribution in [0.1, 0.15) is 57.2 Å². The van der Waals surface area contributed by atoms with E-state index in [1.165, 1.54) is 38.5 Å². The van der Waals surface area contributed by atoms with Crippen LogP contribution >= 0.6 is 12.2 Å². The highest BCUT2D eigenvalue weighted by atomic mass is 32.1. The first-order valence-electron chi connectivity index (χ1n) is 6.34. The lowest BCUT2D eigenvalue weighted by Gasteiger charge is -2.27. The van der Waals surface area contributed by atoms with E-state index in [-0.39, 0.29) is 0 Å². The number of nitrogens with zero attached hydrogens (tertiary/aromatic N) is 1. The van der Waals surface area contributed by atoms with Crippen molar-refractivity contribution in [3.8, 4) is 0 Å². The molecule has 1 aromatic heterocycles. The summed E-state index contributed by atoms with van der Waals surface area (Å²) in [7, 11) is 0. The SMILES string of the molecule is CCCC1CCC(c2nccc(=S)[nH]2)CC1. The molecule has 0 atom stereocenters. The molecular weight excluding hydrogens is 216 g/mol. The summed E-state index contributed by atoms with van der Waals surface area (Å²) in [5.74, 6) is 2.66. The van der Waals surface area contributed by atoms with Crippen LogP contribution in [-0.2, 0) is 0 Å². The van der Waals surface area contributed by atoms with Crippen molar-refractivity contribution in [3.63, 3.8) is 0 Å².